The van der Waals surface area contributed by atoms with Gasteiger partial charge < -0.3 is 9.47 Å². The molecule has 0 spiro atoms. The Bertz CT molecular complexity index is 959. The summed E-state index contributed by atoms with van der Waals surface area (Å²) < 4.78 is 38.4. The van der Waals surface area contributed by atoms with Gasteiger partial charge in [-0.1, -0.05) is 41.9 Å². The number of carbonyl (C=O) groups excluding carboxylic acids is 1. The minimum atomic E-state index is -0.968. The van der Waals surface area contributed by atoms with E-state index in [2.05, 4.69) is 4.74 Å². The molecule has 0 bridgehead atoms. The van der Waals surface area contributed by atoms with Crippen LogP contribution in [0.3, 0.4) is 0 Å². The third kappa shape index (κ3) is 3.68. The van der Waals surface area contributed by atoms with Crippen LogP contribution in [-0.4, -0.2) is 13.1 Å². The molecule has 0 fully saturated rings. The molecule has 6 heteroatoms. The zero-order valence-corrected chi connectivity index (χ0v) is 14.4. The summed E-state index contributed by atoms with van der Waals surface area (Å²) in [6.45, 7) is 0. The lowest BCUT2D eigenvalue weighted by molar-refractivity contribution is 0.0595. The van der Waals surface area contributed by atoms with Crippen molar-refractivity contribution >= 4 is 17.6 Å². The van der Waals surface area contributed by atoms with Crippen LogP contribution in [0.25, 0.3) is 11.1 Å². The molecule has 0 unspecified atom stereocenters. The van der Waals surface area contributed by atoms with Crippen molar-refractivity contribution in [2.75, 3.05) is 7.11 Å². The lowest BCUT2D eigenvalue weighted by Gasteiger charge is -2.13. The third-order valence-corrected chi connectivity index (χ3v) is 3.91. The van der Waals surface area contributed by atoms with Gasteiger partial charge in [0.1, 0.15) is 11.6 Å². The number of halogens is 3. The lowest BCUT2D eigenvalue weighted by Crippen LogP contribution is -2.06. The van der Waals surface area contributed by atoms with Gasteiger partial charge in [0.15, 0.2) is 11.6 Å². The number of hydrogen-bond acceptors (Lipinski definition) is 3. The monoisotopic (exact) mass is 374 g/mol. The Morgan fingerprint density at radius 1 is 0.923 bits per heavy atom. The second-order valence-corrected chi connectivity index (χ2v) is 5.80. The average molecular weight is 375 g/mol. The fourth-order valence-electron chi connectivity index (χ4n) is 2.43. The summed E-state index contributed by atoms with van der Waals surface area (Å²) in [5.74, 6) is -2.85. The highest BCUT2D eigenvalue weighted by atomic mass is 35.5. The summed E-state index contributed by atoms with van der Waals surface area (Å²) in [5, 5.41) is 0.476. The molecule has 0 saturated heterocycles. The van der Waals surface area contributed by atoms with Crippen molar-refractivity contribution < 1.29 is 23.0 Å². The number of rotatable bonds is 4. The zero-order chi connectivity index (χ0) is 18.7. The normalized spacial score (nSPS) is 10.5. The molecule has 3 aromatic carbocycles. The molecular formula is C20H13ClF2O3. The largest absolute Gasteiger partial charge is 0.465 e. The first-order valence-corrected chi connectivity index (χ1v) is 7.97. The standard InChI is InChI=1S/C20H13ClF2O3/c1-25-20(24)15-10-17(23)19(11-16(15)22)26-18-8-7-13(21)9-14(18)12-5-3-2-4-6-12/h2-11H,1H3. The molecule has 3 rings (SSSR count). The van der Waals surface area contributed by atoms with Crippen molar-refractivity contribution in [3.8, 4) is 22.6 Å². The number of methoxy groups -OCH3 is 1. The summed E-state index contributed by atoms with van der Waals surface area (Å²) in [4.78, 5) is 11.4. The molecular weight excluding hydrogens is 362 g/mol. The van der Waals surface area contributed by atoms with E-state index in [-0.39, 0.29) is 5.75 Å². The highest BCUT2D eigenvalue weighted by Gasteiger charge is 2.19. The summed E-state index contributed by atoms with van der Waals surface area (Å²) in [7, 11) is 1.09. The van der Waals surface area contributed by atoms with Crippen LogP contribution in [0.5, 0.6) is 11.5 Å². The van der Waals surface area contributed by atoms with Crippen LogP contribution in [-0.2, 0) is 4.74 Å². The molecule has 26 heavy (non-hydrogen) atoms. The zero-order valence-electron chi connectivity index (χ0n) is 13.6. The molecule has 0 atom stereocenters. The molecule has 0 aliphatic heterocycles. The molecule has 0 amide bonds. The Hall–Kier alpha value is -2.92. The molecule has 3 aromatic rings. The summed E-state index contributed by atoms with van der Waals surface area (Å²) in [5.41, 5.74) is 0.920. The number of benzene rings is 3. The van der Waals surface area contributed by atoms with Crippen LogP contribution >= 0.6 is 11.6 Å². The fourth-order valence-corrected chi connectivity index (χ4v) is 2.60. The van der Waals surface area contributed by atoms with Crippen LogP contribution in [0.15, 0.2) is 60.7 Å². The minimum Gasteiger partial charge on any atom is -0.465 e. The van der Waals surface area contributed by atoms with E-state index < -0.39 is 23.2 Å². The Morgan fingerprint density at radius 3 is 2.35 bits per heavy atom. The summed E-state index contributed by atoms with van der Waals surface area (Å²) >= 11 is 6.06. The second kappa shape index (κ2) is 7.54. The van der Waals surface area contributed by atoms with Gasteiger partial charge in [0.05, 0.1) is 12.7 Å². The van der Waals surface area contributed by atoms with E-state index in [1.165, 1.54) is 0 Å². The van der Waals surface area contributed by atoms with Crippen LogP contribution in [0, 0.1) is 11.6 Å². The topological polar surface area (TPSA) is 35.5 Å². The molecule has 0 aromatic heterocycles. The highest BCUT2D eigenvalue weighted by Crippen LogP contribution is 2.36. The van der Waals surface area contributed by atoms with Gasteiger partial charge in [-0.25, -0.2) is 13.6 Å². The van der Waals surface area contributed by atoms with Crippen molar-refractivity contribution in [2.45, 2.75) is 0 Å². The molecule has 0 N–H and O–H groups in total. The van der Waals surface area contributed by atoms with Crippen LogP contribution in [0.4, 0.5) is 8.78 Å². The van der Waals surface area contributed by atoms with Gasteiger partial charge in [0.2, 0.25) is 0 Å². The maximum atomic E-state index is 14.3. The van der Waals surface area contributed by atoms with Crippen molar-refractivity contribution in [2.24, 2.45) is 0 Å². The van der Waals surface area contributed by atoms with E-state index in [1.807, 2.05) is 30.3 Å². The predicted molar refractivity (Wildman–Crippen MR) is 94.7 cm³/mol. The second-order valence-electron chi connectivity index (χ2n) is 5.36. The van der Waals surface area contributed by atoms with Crippen molar-refractivity contribution in [1.29, 1.82) is 0 Å². The highest BCUT2D eigenvalue weighted by molar-refractivity contribution is 6.31. The molecule has 0 aliphatic rings. The molecule has 0 heterocycles. The van der Waals surface area contributed by atoms with Gasteiger partial charge in [-0.3, -0.25) is 0 Å². The van der Waals surface area contributed by atoms with E-state index in [0.29, 0.717) is 16.3 Å². The fraction of sp³-hybridized carbons (Fsp3) is 0.0500. The first-order valence-electron chi connectivity index (χ1n) is 7.60. The van der Waals surface area contributed by atoms with E-state index in [0.717, 1.165) is 24.8 Å². The Balaban J connectivity index is 2.03. The van der Waals surface area contributed by atoms with Gasteiger partial charge in [0.25, 0.3) is 0 Å². The Morgan fingerprint density at radius 2 is 1.65 bits per heavy atom. The summed E-state index contributed by atoms with van der Waals surface area (Å²) in [6, 6.07) is 15.6. The van der Waals surface area contributed by atoms with Gasteiger partial charge in [-0.2, -0.15) is 0 Å². The van der Waals surface area contributed by atoms with Crippen molar-refractivity contribution in [3.05, 3.63) is 82.9 Å². The van der Waals surface area contributed by atoms with Gasteiger partial charge in [0, 0.05) is 16.7 Å². The summed E-state index contributed by atoms with van der Waals surface area (Å²) in [6.07, 6.45) is 0. The van der Waals surface area contributed by atoms with E-state index in [1.54, 1.807) is 18.2 Å². The quantitative estimate of drug-likeness (QED) is 0.536. The van der Waals surface area contributed by atoms with Crippen molar-refractivity contribution in [3.63, 3.8) is 0 Å². The third-order valence-electron chi connectivity index (χ3n) is 3.67. The SMILES string of the molecule is COC(=O)c1cc(F)c(Oc2ccc(Cl)cc2-c2ccccc2)cc1F. The van der Waals surface area contributed by atoms with Crippen LogP contribution in [0.1, 0.15) is 10.4 Å². The maximum absolute atomic E-state index is 14.3. The lowest BCUT2D eigenvalue weighted by atomic mass is 10.0. The molecule has 0 radical (unpaired) electrons. The Kier molecular flexibility index (Phi) is 5.19. The predicted octanol–water partition coefficient (Wildman–Crippen LogP) is 5.86. The first kappa shape index (κ1) is 17.9. The number of hydrogen-bond donors (Lipinski definition) is 0. The molecule has 0 saturated carbocycles. The number of carbonyl (C=O) groups is 1. The molecule has 0 aliphatic carbocycles. The Labute approximate surface area is 153 Å². The molecule has 132 valence electrons. The van der Waals surface area contributed by atoms with E-state index >= 15 is 0 Å². The smallest absolute Gasteiger partial charge is 0.340 e. The van der Waals surface area contributed by atoms with Gasteiger partial charge in [-0.15, -0.1) is 0 Å². The average Bonchev–Trinajstić information content (AvgIpc) is 2.65. The van der Waals surface area contributed by atoms with Gasteiger partial charge in [-0.05, 0) is 29.8 Å². The van der Waals surface area contributed by atoms with Gasteiger partial charge >= 0.3 is 5.97 Å². The van der Waals surface area contributed by atoms with E-state index in [9.17, 15) is 13.6 Å². The minimum absolute atomic E-state index is 0.296. The number of ether oxygens (including phenoxy) is 2. The van der Waals surface area contributed by atoms with E-state index in [4.69, 9.17) is 16.3 Å². The first-order chi connectivity index (χ1) is 12.5. The molecule has 3 nitrogen and oxygen atoms in total. The van der Waals surface area contributed by atoms with Crippen molar-refractivity contribution in [1.82, 2.24) is 0 Å². The van der Waals surface area contributed by atoms with Crippen LogP contribution in [0.2, 0.25) is 5.02 Å². The maximum Gasteiger partial charge on any atom is 0.340 e. The number of esters is 1. The van der Waals surface area contributed by atoms with Crippen LogP contribution < -0.4 is 4.74 Å².